The summed E-state index contributed by atoms with van der Waals surface area (Å²) in [6, 6.07) is 20.6. The third-order valence-electron chi connectivity index (χ3n) is 10.3. The highest BCUT2D eigenvalue weighted by atomic mass is 35.5. The number of sulfonamides is 1. The molecule has 294 valence electrons. The predicted molar refractivity (Wildman–Crippen MR) is 216 cm³/mol. The van der Waals surface area contributed by atoms with Gasteiger partial charge in [-0.1, -0.05) is 48.9 Å². The van der Waals surface area contributed by atoms with Gasteiger partial charge in [0.25, 0.3) is 0 Å². The first-order valence-electron chi connectivity index (χ1n) is 18.8. The number of nitrogens with one attached hydrogen (secondary N) is 1. The van der Waals surface area contributed by atoms with Crippen LogP contribution < -0.4 is 10.2 Å². The zero-order valence-electron chi connectivity index (χ0n) is 31.9. The van der Waals surface area contributed by atoms with Gasteiger partial charge in [-0.25, -0.2) is 17.6 Å². The summed E-state index contributed by atoms with van der Waals surface area (Å²) in [5.41, 5.74) is 7.95. The van der Waals surface area contributed by atoms with Crippen molar-refractivity contribution >= 4 is 55.0 Å². The first-order valence-corrected chi connectivity index (χ1v) is 20.7. The molecule has 7 rings (SSSR count). The maximum Gasteiger partial charge on any atom is 0.355 e. The van der Waals surface area contributed by atoms with E-state index in [1.807, 2.05) is 48.9 Å². The highest BCUT2D eigenvalue weighted by molar-refractivity contribution is 7.89. The lowest BCUT2D eigenvalue weighted by atomic mass is 9.97. The molecule has 0 atom stereocenters. The number of aryl methyl sites for hydroxylation is 3. The van der Waals surface area contributed by atoms with E-state index in [1.54, 1.807) is 41.9 Å². The molecule has 0 fully saturated rings. The van der Waals surface area contributed by atoms with Crippen LogP contribution in [0.25, 0.3) is 32.8 Å². The minimum absolute atomic E-state index is 0.00398. The second kappa shape index (κ2) is 16.6. The van der Waals surface area contributed by atoms with Gasteiger partial charge in [-0.3, -0.25) is 15.0 Å². The Balaban J connectivity index is 1.33. The minimum atomic E-state index is -4.05. The summed E-state index contributed by atoms with van der Waals surface area (Å²) in [6.45, 7) is 4.96. The molecule has 2 aromatic heterocycles. The Morgan fingerprint density at radius 3 is 2.55 bits per heavy atom. The van der Waals surface area contributed by atoms with Gasteiger partial charge >= 0.3 is 5.97 Å². The smallest absolute Gasteiger partial charge is 0.355 e. The number of aromatic nitrogens is 3. The summed E-state index contributed by atoms with van der Waals surface area (Å²) < 4.78 is 60.1. The lowest BCUT2D eigenvalue weighted by molar-refractivity contribution is 0.0512. The van der Waals surface area contributed by atoms with Gasteiger partial charge in [-0.05, 0) is 92.4 Å². The van der Waals surface area contributed by atoms with Crippen LogP contribution in [0.3, 0.4) is 0 Å². The Labute approximate surface area is 330 Å². The van der Waals surface area contributed by atoms with Crippen molar-refractivity contribution in [2.24, 2.45) is 7.05 Å². The number of fused-ring (bicyclic) bond motifs is 3. The second-order valence-electron chi connectivity index (χ2n) is 13.7. The van der Waals surface area contributed by atoms with E-state index in [9.17, 15) is 17.6 Å². The number of hydrogen-bond donors (Lipinski definition) is 1. The molecule has 6 aromatic rings. The van der Waals surface area contributed by atoms with Crippen molar-refractivity contribution in [3.63, 3.8) is 0 Å². The number of para-hydroxylation sites is 1. The Kier molecular flexibility index (Phi) is 11.7. The molecule has 0 bridgehead atoms. The van der Waals surface area contributed by atoms with Gasteiger partial charge in [-0.2, -0.15) is 9.40 Å². The standard InChI is InChI=1S/C42H45ClFN5O6S/c1-5-35-39-34(45-47(35)3)26-48(56(51,52)37-17-8-7-15-33(37)46-53-4)22-9-10-23-49-40-31(20-21-32(43)38(39)40)30(41(49)42(50)54-6-2)14-12-24-55-36-16-11-13-27-25-28(44)18-19-29(27)36/h7-8,11,13,15-21,25,46H,5-6,9-10,12,14,22-24,26H2,1-4H3. The molecule has 0 aliphatic carbocycles. The fourth-order valence-electron chi connectivity index (χ4n) is 7.88. The Morgan fingerprint density at radius 2 is 1.77 bits per heavy atom. The van der Waals surface area contributed by atoms with Crippen molar-refractivity contribution in [2.45, 2.75) is 63.9 Å². The van der Waals surface area contributed by atoms with Crippen LogP contribution in [0.15, 0.2) is 77.7 Å². The molecule has 0 amide bonds. The van der Waals surface area contributed by atoms with E-state index in [0.29, 0.717) is 78.7 Å². The molecule has 0 saturated heterocycles. The Hall–Kier alpha value is -4.95. The highest BCUT2D eigenvalue weighted by Crippen LogP contribution is 2.44. The molecular formula is C42H45ClFN5O6S. The summed E-state index contributed by atoms with van der Waals surface area (Å²) >= 11 is 7.20. The second-order valence-corrected chi connectivity index (χ2v) is 16.0. The first-order chi connectivity index (χ1) is 27.1. The van der Waals surface area contributed by atoms with Crippen LogP contribution >= 0.6 is 11.6 Å². The summed E-state index contributed by atoms with van der Waals surface area (Å²) in [6.07, 6.45) is 2.72. The van der Waals surface area contributed by atoms with Gasteiger partial charge in [0.1, 0.15) is 22.2 Å². The first kappa shape index (κ1) is 39.3. The fourth-order valence-corrected chi connectivity index (χ4v) is 9.71. The van der Waals surface area contributed by atoms with E-state index in [2.05, 4.69) is 5.48 Å². The largest absolute Gasteiger partial charge is 0.493 e. The number of ether oxygens (including phenoxy) is 2. The number of hydrogen-bond acceptors (Lipinski definition) is 8. The van der Waals surface area contributed by atoms with Crippen LogP contribution in [0, 0.1) is 5.82 Å². The van der Waals surface area contributed by atoms with Crippen LogP contribution in [-0.2, 0) is 52.6 Å². The lowest BCUT2D eigenvalue weighted by Gasteiger charge is -2.23. The number of benzene rings is 4. The molecule has 0 unspecified atom stereocenters. The SMILES string of the molecule is CCOC(=O)c1c(CCCOc2cccc3cc(F)ccc23)c2ccc(Cl)c3c2n1CCCCN(S(=O)(=O)c1ccccc1NOC)Cc1nn(C)c(CC)c1-3. The molecule has 56 heavy (non-hydrogen) atoms. The van der Waals surface area contributed by atoms with Gasteiger partial charge < -0.3 is 14.0 Å². The van der Waals surface area contributed by atoms with E-state index in [-0.39, 0.29) is 30.4 Å². The van der Waals surface area contributed by atoms with E-state index in [4.69, 9.17) is 31.0 Å². The number of carbonyl (C=O) groups is 1. The molecule has 1 N–H and O–H groups in total. The van der Waals surface area contributed by atoms with Crippen molar-refractivity contribution in [2.75, 3.05) is 32.3 Å². The van der Waals surface area contributed by atoms with Gasteiger partial charge in [-0.15, -0.1) is 0 Å². The number of halogens is 2. The van der Waals surface area contributed by atoms with Crippen LogP contribution in [0.1, 0.15) is 60.5 Å². The molecular weight excluding hydrogens is 757 g/mol. The average Bonchev–Trinajstić information content (AvgIpc) is 3.66. The third kappa shape index (κ3) is 7.36. The molecule has 1 aliphatic heterocycles. The van der Waals surface area contributed by atoms with Crippen LogP contribution in [-0.4, -0.2) is 59.9 Å². The van der Waals surface area contributed by atoms with Crippen molar-refractivity contribution in [3.8, 4) is 16.9 Å². The average molecular weight is 802 g/mol. The Bertz CT molecular complexity index is 2530. The van der Waals surface area contributed by atoms with Gasteiger partial charge in [0.05, 0.1) is 48.8 Å². The number of rotatable bonds is 12. The van der Waals surface area contributed by atoms with E-state index in [1.165, 1.54) is 23.5 Å². The third-order valence-corrected chi connectivity index (χ3v) is 12.5. The summed E-state index contributed by atoms with van der Waals surface area (Å²) in [5, 5.41) is 7.81. The van der Waals surface area contributed by atoms with Crippen LogP contribution in [0.4, 0.5) is 10.1 Å². The van der Waals surface area contributed by atoms with Gasteiger partial charge in [0.2, 0.25) is 10.0 Å². The van der Waals surface area contributed by atoms with Crippen LogP contribution in [0.5, 0.6) is 5.75 Å². The van der Waals surface area contributed by atoms with Crippen molar-refractivity contribution < 1.29 is 31.9 Å². The number of nitrogens with zero attached hydrogens (tertiary/aromatic N) is 4. The molecule has 0 saturated carbocycles. The molecule has 11 nitrogen and oxygen atoms in total. The topological polar surface area (TPSA) is 117 Å². The van der Waals surface area contributed by atoms with Crippen molar-refractivity contribution in [1.29, 1.82) is 0 Å². The fraction of sp³-hybridized carbons (Fsp3) is 0.333. The molecule has 4 aromatic carbocycles. The van der Waals surface area contributed by atoms with Crippen LogP contribution in [0.2, 0.25) is 5.02 Å². The highest BCUT2D eigenvalue weighted by Gasteiger charge is 2.33. The van der Waals surface area contributed by atoms with Gasteiger partial charge in [0, 0.05) is 47.7 Å². The lowest BCUT2D eigenvalue weighted by Crippen LogP contribution is -2.32. The summed E-state index contributed by atoms with van der Waals surface area (Å²) in [4.78, 5) is 19.2. The maximum absolute atomic E-state index is 14.5. The monoisotopic (exact) mass is 801 g/mol. The molecule has 1 aliphatic rings. The zero-order valence-corrected chi connectivity index (χ0v) is 33.5. The van der Waals surface area contributed by atoms with E-state index >= 15 is 0 Å². The number of carbonyl (C=O) groups excluding carboxylic acids is 1. The van der Waals surface area contributed by atoms with E-state index < -0.39 is 16.0 Å². The maximum atomic E-state index is 14.5. The summed E-state index contributed by atoms with van der Waals surface area (Å²) in [7, 11) is -0.763. The predicted octanol–water partition coefficient (Wildman–Crippen LogP) is 8.70. The molecule has 0 spiro atoms. The molecule has 14 heteroatoms. The molecule has 0 radical (unpaired) electrons. The van der Waals surface area contributed by atoms with Crippen molar-refractivity contribution in [3.05, 3.63) is 106 Å². The summed E-state index contributed by atoms with van der Waals surface area (Å²) in [5.74, 6) is -0.0953. The quantitative estimate of drug-likeness (QED) is 0.0743. The number of anilines is 1. The number of esters is 1. The van der Waals surface area contributed by atoms with Crippen molar-refractivity contribution in [1.82, 2.24) is 18.7 Å². The Morgan fingerprint density at radius 1 is 0.982 bits per heavy atom. The van der Waals surface area contributed by atoms with Gasteiger partial charge in [0.15, 0.2) is 0 Å². The molecule has 3 heterocycles. The van der Waals surface area contributed by atoms with E-state index in [0.717, 1.165) is 38.5 Å². The zero-order chi connectivity index (χ0) is 39.6. The normalized spacial score (nSPS) is 13.8. The minimum Gasteiger partial charge on any atom is -0.493 e.